The van der Waals surface area contributed by atoms with Gasteiger partial charge >= 0.3 is 6.09 Å². The molecule has 2 aliphatic heterocycles. The summed E-state index contributed by atoms with van der Waals surface area (Å²) in [4.78, 5) is 15.4. The molecule has 2 rings (SSSR count). The van der Waals surface area contributed by atoms with Crippen LogP contribution in [0.4, 0.5) is 9.18 Å². The number of halogens is 1. The number of likely N-dealkylation sites (tertiary alicyclic amines) is 2. The molecule has 126 valence electrons. The molecule has 0 aliphatic carbocycles. The zero-order chi connectivity index (χ0) is 16.4. The van der Waals surface area contributed by atoms with E-state index in [1.807, 2.05) is 20.8 Å². The third kappa shape index (κ3) is 4.56. The second-order valence-electron chi connectivity index (χ2n) is 7.32. The first-order valence-electron chi connectivity index (χ1n) is 7.81. The van der Waals surface area contributed by atoms with Crippen molar-refractivity contribution in [2.75, 3.05) is 32.7 Å². The van der Waals surface area contributed by atoms with Crippen LogP contribution in [-0.4, -0.2) is 72.6 Å². The summed E-state index contributed by atoms with van der Waals surface area (Å²) >= 11 is 0. The molecule has 2 aliphatic rings. The van der Waals surface area contributed by atoms with Gasteiger partial charge in [-0.1, -0.05) is 0 Å². The molecule has 0 atom stereocenters. The van der Waals surface area contributed by atoms with E-state index in [0.717, 1.165) is 25.9 Å². The molecule has 1 N–H and O–H groups in total. The van der Waals surface area contributed by atoms with Crippen LogP contribution in [-0.2, 0) is 4.74 Å². The van der Waals surface area contributed by atoms with Crippen molar-refractivity contribution >= 4 is 12.8 Å². The average molecular weight is 314 g/mol. The number of hydrazone groups is 1. The summed E-state index contributed by atoms with van der Waals surface area (Å²) in [5.41, 5.74) is 1.11. The highest BCUT2D eigenvalue weighted by Crippen LogP contribution is 2.29. The number of alkyl halides is 1. The van der Waals surface area contributed by atoms with Gasteiger partial charge in [0.1, 0.15) is 5.60 Å². The Hall–Kier alpha value is -1.37. The summed E-state index contributed by atoms with van der Waals surface area (Å²) in [6, 6.07) is 0.337. The second kappa shape index (κ2) is 6.40. The van der Waals surface area contributed by atoms with Crippen molar-refractivity contribution < 1.29 is 13.9 Å². The van der Waals surface area contributed by atoms with Crippen LogP contribution >= 0.6 is 0 Å². The Morgan fingerprint density at radius 3 is 2.50 bits per heavy atom. The van der Waals surface area contributed by atoms with E-state index in [1.165, 1.54) is 4.90 Å². The molecule has 1 amide bonds. The first kappa shape index (κ1) is 17.0. The summed E-state index contributed by atoms with van der Waals surface area (Å²) in [5.74, 6) is 0. The van der Waals surface area contributed by atoms with E-state index in [1.54, 1.807) is 0 Å². The number of carbonyl (C=O) groups excluding carboxylic acids is 1. The van der Waals surface area contributed by atoms with Crippen molar-refractivity contribution in [3.8, 4) is 0 Å². The molecule has 0 bridgehead atoms. The zero-order valence-corrected chi connectivity index (χ0v) is 13.8. The first-order chi connectivity index (χ1) is 10.2. The average Bonchev–Trinajstić information content (AvgIpc) is 2.36. The number of piperidine rings is 1. The quantitative estimate of drug-likeness (QED) is 0.633. The van der Waals surface area contributed by atoms with Gasteiger partial charge in [0.15, 0.2) is 5.67 Å². The fraction of sp³-hybridized carbons (Fsp3) is 0.867. The van der Waals surface area contributed by atoms with Gasteiger partial charge in [-0.3, -0.25) is 4.90 Å². The summed E-state index contributed by atoms with van der Waals surface area (Å²) < 4.78 is 19.9. The Morgan fingerprint density at radius 2 is 2.00 bits per heavy atom. The van der Waals surface area contributed by atoms with E-state index >= 15 is 0 Å². The van der Waals surface area contributed by atoms with Gasteiger partial charge in [-0.25, -0.2) is 9.18 Å². The molecule has 2 fully saturated rings. The van der Waals surface area contributed by atoms with Crippen LogP contribution < -0.4 is 5.43 Å². The Balaban J connectivity index is 1.72. The van der Waals surface area contributed by atoms with Crippen LogP contribution in [0.3, 0.4) is 0 Å². The fourth-order valence-corrected chi connectivity index (χ4v) is 2.94. The molecular formula is C15H27FN4O2. The van der Waals surface area contributed by atoms with E-state index in [4.69, 9.17) is 4.74 Å². The van der Waals surface area contributed by atoms with Gasteiger partial charge in [-0.2, -0.15) is 5.10 Å². The van der Waals surface area contributed by atoms with Gasteiger partial charge in [0.2, 0.25) is 0 Å². The minimum absolute atomic E-state index is 0.119. The SMILES string of the molecule is C=NNC1CCN(CC2(F)CN(C(=O)OC(C)(C)C)C2)CC1. The van der Waals surface area contributed by atoms with Crippen molar-refractivity contribution in [3.63, 3.8) is 0 Å². The number of hydrogen-bond acceptors (Lipinski definition) is 5. The number of carbonyl (C=O) groups is 1. The molecule has 22 heavy (non-hydrogen) atoms. The van der Waals surface area contributed by atoms with Crippen molar-refractivity contribution in [3.05, 3.63) is 0 Å². The maximum atomic E-state index is 14.6. The summed E-state index contributed by atoms with van der Waals surface area (Å²) in [5, 5.41) is 3.69. The third-order valence-corrected chi connectivity index (χ3v) is 3.97. The van der Waals surface area contributed by atoms with Crippen LogP contribution in [0, 0.1) is 0 Å². The van der Waals surface area contributed by atoms with E-state index in [2.05, 4.69) is 22.1 Å². The summed E-state index contributed by atoms with van der Waals surface area (Å²) in [6.07, 6.45) is 1.44. The van der Waals surface area contributed by atoms with Crippen molar-refractivity contribution in [2.24, 2.45) is 5.10 Å². The maximum absolute atomic E-state index is 14.6. The zero-order valence-electron chi connectivity index (χ0n) is 13.8. The van der Waals surface area contributed by atoms with Crippen LogP contribution in [0.25, 0.3) is 0 Å². The molecule has 0 aromatic carbocycles. The number of amides is 1. The minimum atomic E-state index is -1.31. The Labute approximate surface area is 131 Å². The van der Waals surface area contributed by atoms with Gasteiger partial charge in [0.25, 0.3) is 0 Å². The molecule has 0 aromatic rings. The lowest BCUT2D eigenvalue weighted by atomic mass is 9.94. The first-order valence-corrected chi connectivity index (χ1v) is 7.81. The molecule has 0 saturated carbocycles. The highest BCUT2D eigenvalue weighted by atomic mass is 19.1. The standard InChI is InChI=1S/C15H27FN4O2/c1-14(2,3)22-13(21)20-10-15(16,11-20)9-19-7-5-12(6-8-19)18-17-4/h12,18H,4-11H2,1-3H3. The largest absolute Gasteiger partial charge is 0.444 e. The summed E-state index contributed by atoms with van der Waals surface area (Å²) in [6.45, 7) is 11.1. The Bertz CT molecular complexity index is 410. The minimum Gasteiger partial charge on any atom is -0.444 e. The van der Waals surface area contributed by atoms with Gasteiger partial charge in [-0.15, -0.1) is 0 Å². The van der Waals surface area contributed by atoms with Crippen molar-refractivity contribution in [2.45, 2.75) is 50.9 Å². The molecule has 7 heteroatoms. The smallest absolute Gasteiger partial charge is 0.410 e. The predicted molar refractivity (Wildman–Crippen MR) is 83.8 cm³/mol. The molecule has 6 nitrogen and oxygen atoms in total. The van der Waals surface area contributed by atoms with Crippen LogP contribution in [0.5, 0.6) is 0 Å². The van der Waals surface area contributed by atoms with Gasteiger partial charge < -0.3 is 15.1 Å². The lowest BCUT2D eigenvalue weighted by Gasteiger charge is -2.47. The van der Waals surface area contributed by atoms with E-state index in [9.17, 15) is 9.18 Å². The third-order valence-electron chi connectivity index (χ3n) is 3.97. The highest BCUT2D eigenvalue weighted by molar-refractivity contribution is 5.69. The highest BCUT2D eigenvalue weighted by Gasteiger charge is 2.48. The number of hydrogen-bond donors (Lipinski definition) is 1. The van der Waals surface area contributed by atoms with Crippen LogP contribution in [0.2, 0.25) is 0 Å². The number of ether oxygens (including phenoxy) is 1. The lowest BCUT2D eigenvalue weighted by molar-refractivity contribution is -0.0663. The summed E-state index contributed by atoms with van der Waals surface area (Å²) in [7, 11) is 0. The van der Waals surface area contributed by atoms with Crippen molar-refractivity contribution in [1.29, 1.82) is 0 Å². The monoisotopic (exact) mass is 314 g/mol. The van der Waals surface area contributed by atoms with E-state index in [0.29, 0.717) is 12.6 Å². The Kier molecular flexibility index (Phi) is 4.94. The lowest BCUT2D eigenvalue weighted by Crippen LogP contribution is -2.66. The molecule has 0 aromatic heterocycles. The molecule has 0 spiro atoms. The molecule has 0 radical (unpaired) electrons. The maximum Gasteiger partial charge on any atom is 0.410 e. The van der Waals surface area contributed by atoms with E-state index < -0.39 is 17.4 Å². The second-order valence-corrected chi connectivity index (χ2v) is 7.32. The van der Waals surface area contributed by atoms with Crippen LogP contribution in [0.15, 0.2) is 5.10 Å². The molecule has 2 heterocycles. The number of nitrogens with zero attached hydrogens (tertiary/aromatic N) is 3. The molecular weight excluding hydrogens is 287 g/mol. The predicted octanol–water partition coefficient (Wildman–Crippen LogP) is 1.61. The van der Waals surface area contributed by atoms with Crippen LogP contribution in [0.1, 0.15) is 33.6 Å². The Morgan fingerprint density at radius 1 is 1.41 bits per heavy atom. The number of rotatable bonds is 4. The fourth-order valence-electron chi connectivity index (χ4n) is 2.94. The van der Waals surface area contributed by atoms with Crippen molar-refractivity contribution in [1.82, 2.24) is 15.2 Å². The van der Waals surface area contributed by atoms with Gasteiger partial charge in [-0.05, 0) is 33.6 Å². The number of nitrogens with one attached hydrogen (secondary N) is 1. The molecule has 0 unspecified atom stereocenters. The van der Waals surface area contributed by atoms with E-state index in [-0.39, 0.29) is 13.1 Å². The normalized spacial score (nSPS) is 22.8. The van der Waals surface area contributed by atoms with Gasteiger partial charge in [0, 0.05) is 32.4 Å². The molecule has 2 saturated heterocycles. The van der Waals surface area contributed by atoms with Gasteiger partial charge in [0.05, 0.1) is 13.1 Å². The topological polar surface area (TPSA) is 57.2 Å².